The van der Waals surface area contributed by atoms with E-state index in [1.165, 1.54) is 14.0 Å². The first-order valence-electron chi connectivity index (χ1n) is 9.83. The molecule has 0 fully saturated rings. The molecule has 0 bridgehead atoms. The van der Waals surface area contributed by atoms with E-state index >= 15 is 0 Å². The number of anilines is 1. The Balaban J connectivity index is 1.60. The number of halogens is 2. The number of methoxy groups -OCH3 is 2. The number of oxime groups is 1. The van der Waals surface area contributed by atoms with Crippen LogP contribution in [-0.2, 0) is 16.1 Å². The maximum atomic E-state index is 14.6. The third kappa shape index (κ3) is 4.57. The first-order chi connectivity index (χ1) is 15.2. The summed E-state index contributed by atoms with van der Waals surface area (Å²) in [6.45, 7) is 4.82. The fourth-order valence-electron chi connectivity index (χ4n) is 3.21. The lowest BCUT2D eigenvalue weighted by atomic mass is 9.94. The summed E-state index contributed by atoms with van der Waals surface area (Å²) in [6.07, 6.45) is -0.234. The Morgan fingerprint density at radius 3 is 2.53 bits per heavy atom. The minimum absolute atomic E-state index is 0.234. The van der Waals surface area contributed by atoms with E-state index in [4.69, 9.17) is 14.3 Å². The van der Waals surface area contributed by atoms with Gasteiger partial charge in [-0.25, -0.2) is 4.79 Å². The summed E-state index contributed by atoms with van der Waals surface area (Å²) in [5.41, 5.74) is 1.94. The smallest absolute Gasteiger partial charge is 0.335 e. The molecule has 2 amide bonds. The van der Waals surface area contributed by atoms with Crippen molar-refractivity contribution in [1.82, 2.24) is 5.32 Å². The van der Waals surface area contributed by atoms with Crippen LogP contribution in [0, 0.1) is 0 Å². The third-order valence-electron chi connectivity index (χ3n) is 5.14. The maximum absolute atomic E-state index is 14.6. The highest BCUT2D eigenvalue weighted by Gasteiger charge is 2.61. The molecule has 2 N–H and O–H groups in total. The van der Waals surface area contributed by atoms with Gasteiger partial charge in [-0.05, 0) is 35.8 Å². The minimum atomic E-state index is -3.41. The van der Waals surface area contributed by atoms with Gasteiger partial charge in [0.05, 0.1) is 24.9 Å². The highest BCUT2D eigenvalue weighted by atomic mass is 19.3. The van der Waals surface area contributed by atoms with Gasteiger partial charge in [-0.3, -0.25) is 0 Å². The summed E-state index contributed by atoms with van der Waals surface area (Å²) in [5, 5.41) is 9.30. The maximum Gasteiger partial charge on any atom is 0.335 e. The molecular formula is C23H25F2N3O4. The molecule has 0 radical (unpaired) electrons. The zero-order chi connectivity index (χ0) is 23.4. The van der Waals surface area contributed by atoms with Crippen LogP contribution in [0.5, 0.6) is 5.75 Å². The van der Waals surface area contributed by atoms with E-state index in [2.05, 4.69) is 22.4 Å². The molecule has 1 heterocycles. The van der Waals surface area contributed by atoms with Crippen LogP contribution in [0.25, 0.3) is 0 Å². The van der Waals surface area contributed by atoms with Crippen molar-refractivity contribution in [2.75, 3.05) is 19.5 Å². The Kier molecular flexibility index (Phi) is 6.78. The summed E-state index contributed by atoms with van der Waals surface area (Å²) in [7, 11) is 2.68. The molecule has 0 saturated carbocycles. The van der Waals surface area contributed by atoms with Crippen molar-refractivity contribution < 1.29 is 27.9 Å². The van der Waals surface area contributed by atoms with Crippen LogP contribution in [0.2, 0.25) is 0 Å². The molecule has 0 saturated heterocycles. The van der Waals surface area contributed by atoms with E-state index in [0.717, 1.165) is 12.7 Å². The number of benzene rings is 2. The molecule has 7 nitrogen and oxygen atoms in total. The van der Waals surface area contributed by atoms with Crippen molar-refractivity contribution in [2.24, 2.45) is 5.16 Å². The molecule has 1 aliphatic rings. The molecule has 0 spiro atoms. The van der Waals surface area contributed by atoms with Gasteiger partial charge in [-0.1, -0.05) is 48.1 Å². The van der Waals surface area contributed by atoms with E-state index in [-0.39, 0.29) is 24.6 Å². The van der Waals surface area contributed by atoms with Crippen LogP contribution in [0.4, 0.5) is 19.3 Å². The van der Waals surface area contributed by atoms with Crippen molar-refractivity contribution in [3.05, 3.63) is 71.8 Å². The number of carbonyl (C=O) groups excluding carboxylic acids is 1. The average molecular weight is 445 g/mol. The molecule has 1 unspecified atom stereocenters. The number of nitrogens with one attached hydrogen (secondary N) is 2. The molecule has 1 atom stereocenters. The van der Waals surface area contributed by atoms with Gasteiger partial charge in [-0.2, -0.15) is 8.78 Å². The van der Waals surface area contributed by atoms with Crippen LogP contribution < -0.4 is 15.4 Å². The number of nitrogens with zero attached hydrogens (tertiary/aromatic N) is 1. The first kappa shape index (κ1) is 23.2. The molecule has 32 heavy (non-hydrogen) atoms. The number of urea groups is 1. The van der Waals surface area contributed by atoms with E-state index < -0.39 is 11.7 Å². The standard InChI is InChI=1S/C23H25F2N3O4/c1-15(2)23(24,25)22(31-4)13-19(28-32-22)17-11-9-16(10-12-17)14-26-21(29)27-18-7-5-6-8-20(18)30-3/h5-12H,1,13-14H2,2-4H3,(H2,26,27,29). The van der Waals surface area contributed by atoms with Gasteiger partial charge in [0.1, 0.15) is 5.75 Å². The lowest BCUT2D eigenvalue weighted by Gasteiger charge is -2.33. The molecule has 170 valence electrons. The number of hydrogen-bond acceptors (Lipinski definition) is 5. The quantitative estimate of drug-likeness (QED) is 0.578. The Morgan fingerprint density at radius 2 is 1.91 bits per heavy atom. The van der Waals surface area contributed by atoms with Crippen LogP contribution in [0.3, 0.4) is 0 Å². The predicted molar refractivity (Wildman–Crippen MR) is 117 cm³/mol. The lowest BCUT2D eigenvalue weighted by molar-refractivity contribution is -0.303. The van der Waals surface area contributed by atoms with Crippen molar-refractivity contribution in [3.63, 3.8) is 0 Å². The topological polar surface area (TPSA) is 81.2 Å². The number of ether oxygens (including phenoxy) is 2. The Bertz CT molecular complexity index is 1020. The van der Waals surface area contributed by atoms with E-state index in [1.807, 2.05) is 0 Å². The monoisotopic (exact) mass is 445 g/mol. The number of hydrogen-bond donors (Lipinski definition) is 2. The van der Waals surface area contributed by atoms with Crippen molar-refractivity contribution >= 4 is 17.4 Å². The molecule has 0 aromatic heterocycles. The lowest BCUT2D eigenvalue weighted by Crippen LogP contribution is -2.50. The summed E-state index contributed by atoms with van der Waals surface area (Å²) in [5.74, 6) is -5.08. The minimum Gasteiger partial charge on any atom is -0.495 e. The summed E-state index contributed by atoms with van der Waals surface area (Å²) < 4.78 is 39.3. The number of amides is 2. The fraction of sp³-hybridized carbons (Fsp3) is 0.304. The van der Waals surface area contributed by atoms with E-state index in [9.17, 15) is 13.6 Å². The Labute approximate surface area is 185 Å². The van der Waals surface area contributed by atoms with E-state index in [0.29, 0.717) is 22.7 Å². The first-order valence-corrected chi connectivity index (χ1v) is 9.83. The highest BCUT2D eigenvalue weighted by Crippen LogP contribution is 2.44. The van der Waals surface area contributed by atoms with Crippen LogP contribution >= 0.6 is 0 Å². The summed E-state index contributed by atoms with van der Waals surface area (Å²) >= 11 is 0. The molecular weight excluding hydrogens is 420 g/mol. The molecule has 2 aromatic carbocycles. The Hall–Kier alpha value is -3.46. The van der Waals surface area contributed by atoms with Crippen LogP contribution in [-0.4, -0.2) is 37.7 Å². The molecule has 1 aliphatic heterocycles. The predicted octanol–water partition coefficient (Wildman–Crippen LogP) is 4.70. The number of para-hydroxylation sites is 2. The normalized spacial score (nSPS) is 17.8. The number of rotatable bonds is 8. The second-order valence-corrected chi connectivity index (χ2v) is 7.32. The summed E-state index contributed by atoms with van der Waals surface area (Å²) in [6, 6.07) is 13.7. The zero-order valence-corrected chi connectivity index (χ0v) is 18.1. The largest absolute Gasteiger partial charge is 0.495 e. The van der Waals surface area contributed by atoms with E-state index in [1.54, 1.807) is 48.5 Å². The number of alkyl halides is 2. The van der Waals surface area contributed by atoms with Crippen molar-refractivity contribution in [1.29, 1.82) is 0 Å². The number of carbonyl (C=O) groups is 1. The van der Waals surface area contributed by atoms with Gasteiger partial charge < -0.3 is 24.9 Å². The van der Waals surface area contributed by atoms with Gasteiger partial charge in [-0.15, -0.1) is 0 Å². The van der Waals surface area contributed by atoms with Crippen LogP contribution in [0.15, 0.2) is 65.8 Å². The SMILES string of the molecule is C=C(C)C(F)(F)C1(OC)CC(c2ccc(CNC(=O)Nc3ccccc3OC)cc2)=NO1. The van der Waals surface area contributed by atoms with Gasteiger partial charge in [0.15, 0.2) is 0 Å². The Morgan fingerprint density at radius 1 is 1.22 bits per heavy atom. The molecule has 3 rings (SSSR count). The van der Waals surface area contributed by atoms with Crippen molar-refractivity contribution in [2.45, 2.75) is 31.6 Å². The fourth-order valence-corrected chi connectivity index (χ4v) is 3.21. The second kappa shape index (κ2) is 9.35. The molecule has 9 heteroatoms. The second-order valence-electron chi connectivity index (χ2n) is 7.32. The van der Waals surface area contributed by atoms with Crippen molar-refractivity contribution in [3.8, 4) is 5.75 Å². The van der Waals surface area contributed by atoms with Gasteiger partial charge in [0.2, 0.25) is 0 Å². The van der Waals surface area contributed by atoms with Gasteiger partial charge in [0.25, 0.3) is 0 Å². The highest BCUT2D eigenvalue weighted by molar-refractivity contribution is 6.01. The van der Waals surface area contributed by atoms with Gasteiger partial charge >= 0.3 is 17.7 Å². The molecule has 2 aromatic rings. The zero-order valence-electron chi connectivity index (χ0n) is 18.1. The average Bonchev–Trinajstić information content (AvgIpc) is 3.25. The van der Waals surface area contributed by atoms with Gasteiger partial charge in [0, 0.05) is 13.7 Å². The van der Waals surface area contributed by atoms with Crippen LogP contribution in [0.1, 0.15) is 24.5 Å². The summed E-state index contributed by atoms with van der Waals surface area (Å²) in [4.78, 5) is 17.2. The third-order valence-corrected chi connectivity index (χ3v) is 5.14. The molecule has 0 aliphatic carbocycles.